The number of quaternary nitrogens is 1. The number of amides is 2. The quantitative estimate of drug-likeness (QED) is 0.835. The molecule has 0 radical (unpaired) electrons. The van der Waals surface area contributed by atoms with Gasteiger partial charge < -0.3 is 9.47 Å². The number of nitrogens with zero attached hydrogens (tertiary/aromatic N) is 2. The summed E-state index contributed by atoms with van der Waals surface area (Å²) in [6.45, 7) is 0. The predicted octanol–water partition coefficient (Wildman–Crippen LogP) is 1.36. The number of methoxy groups -OCH3 is 2. The van der Waals surface area contributed by atoms with E-state index in [4.69, 9.17) is 9.47 Å². The number of benzene rings is 1. The molecule has 1 aliphatic heterocycles. The van der Waals surface area contributed by atoms with E-state index in [1.165, 1.54) is 0 Å². The average Bonchev–Trinajstić information content (AvgIpc) is 2.62. The molecular formula is C13H18N3O3+. The Morgan fingerprint density at radius 1 is 1.21 bits per heavy atom. The Hall–Kier alpha value is -2.08. The third-order valence-electron chi connectivity index (χ3n) is 2.94. The van der Waals surface area contributed by atoms with E-state index in [1.807, 2.05) is 18.2 Å². The van der Waals surface area contributed by atoms with Gasteiger partial charge in [-0.1, -0.05) is 11.2 Å². The van der Waals surface area contributed by atoms with Gasteiger partial charge in [-0.25, -0.2) is 4.79 Å². The van der Waals surface area contributed by atoms with Crippen LogP contribution in [0.5, 0.6) is 11.5 Å². The molecule has 0 fully saturated rings. The number of carbonyl (C=O) groups is 1. The van der Waals surface area contributed by atoms with Crippen LogP contribution in [0, 0.1) is 0 Å². The summed E-state index contributed by atoms with van der Waals surface area (Å²) in [5.41, 5.74) is 0.999. The van der Waals surface area contributed by atoms with Crippen molar-refractivity contribution in [3.05, 3.63) is 23.8 Å². The number of carbonyl (C=O) groups excluding carboxylic acids is 1. The molecule has 19 heavy (non-hydrogen) atoms. The van der Waals surface area contributed by atoms with E-state index in [0.717, 1.165) is 5.56 Å². The molecule has 0 spiro atoms. The second-order valence-electron chi connectivity index (χ2n) is 4.74. The van der Waals surface area contributed by atoms with Gasteiger partial charge in [0.1, 0.15) is 14.1 Å². The maximum Gasteiger partial charge on any atom is 0.448 e. The van der Waals surface area contributed by atoms with Crippen LogP contribution in [0.15, 0.2) is 23.3 Å². The molecule has 1 aliphatic rings. The number of amidine groups is 1. The normalized spacial score (nSPS) is 16.8. The van der Waals surface area contributed by atoms with E-state index in [-0.39, 0.29) is 10.6 Å². The van der Waals surface area contributed by atoms with Crippen LogP contribution in [0.4, 0.5) is 4.79 Å². The molecule has 0 saturated heterocycles. The number of hydrogen-bond acceptors (Lipinski definition) is 4. The summed E-state index contributed by atoms with van der Waals surface area (Å²) in [4.78, 5) is 11.6. The number of hydrogen-bond donors (Lipinski definition) is 1. The predicted molar refractivity (Wildman–Crippen MR) is 71.3 cm³/mol. The summed E-state index contributed by atoms with van der Waals surface area (Å²) >= 11 is 0. The van der Waals surface area contributed by atoms with Crippen molar-refractivity contribution in [1.82, 2.24) is 5.32 Å². The van der Waals surface area contributed by atoms with E-state index in [1.54, 1.807) is 28.3 Å². The second kappa shape index (κ2) is 4.89. The van der Waals surface area contributed by atoms with Crippen LogP contribution in [-0.4, -0.2) is 44.8 Å². The van der Waals surface area contributed by atoms with E-state index >= 15 is 0 Å². The molecule has 2 amide bonds. The van der Waals surface area contributed by atoms with Crippen molar-refractivity contribution in [2.24, 2.45) is 5.10 Å². The van der Waals surface area contributed by atoms with Gasteiger partial charge in [0.2, 0.25) is 0 Å². The summed E-state index contributed by atoms with van der Waals surface area (Å²) in [6, 6.07) is 5.52. The van der Waals surface area contributed by atoms with Gasteiger partial charge in [-0.15, -0.1) is 4.59 Å². The highest BCUT2D eigenvalue weighted by molar-refractivity contribution is 5.98. The lowest BCUT2D eigenvalue weighted by Gasteiger charge is -2.10. The third-order valence-corrected chi connectivity index (χ3v) is 2.94. The van der Waals surface area contributed by atoms with Gasteiger partial charge in [-0.2, -0.15) is 0 Å². The minimum absolute atomic E-state index is 0.0252. The molecule has 2 rings (SSSR count). The van der Waals surface area contributed by atoms with Gasteiger partial charge in [-0.3, -0.25) is 5.32 Å². The Bertz CT molecular complexity index is 538. The standard InChI is InChI=1S/C13H17N3O3/c1-16(2)13(17)14-12(15-16)8-9-5-6-10(18-3)11(7-9)19-4/h5-7H,8H2,1-4H3/p+1. The highest BCUT2D eigenvalue weighted by Gasteiger charge is 2.35. The van der Waals surface area contributed by atoms with Crippen molar-refractivity contribution in [2.75, 3.05) is 28.3 Å². The maximum atomic E-state index is 11.6. The van der Waals surface area contributed by atoms with Gasteiger partial charge in [0, 0.05) is 6.42 Å². The number of nitrogens with one attached hydrogen (secondary N) is 1. The summed E-state index contributed by atoms with van der Waals surface area (Å²) in [5.74, 6) is 2.00. The van der Waals surface area contributed by atoms with Crippen LogP contribution >= 0.6 is 0 Å². The van der Waals surface area contributed by atoms with Crippen molar-refractivity contribution >= 4 is 11.9 Å². The number of urea groups is 1. The van der Waals surface area contributed by atoms with Gasteiger partial charge in [0.05, 0.1) is 14.2 Å². The Morgan fingerprint density at radius 2 is 1.89 bits per heavy atom. The highest BCUT2D eigenvalue weighted by Crippen LogP contribution is 2.28. The van der Waals surface area contributed by atoms with Crippen LogP contribution < -0.4 is 14.8 Å². The van der Waals surface area contributed by atoms with E-state index in [2.05, 4.69) is 10.4 Å². The van der Waals surface area contributed by atoms with Crippen LogP contribution in [0.1, 0.15) is 5.56 Å². The van der Waals surface area contributed by atoms with Crippen molar-refractivity contribution in [1.29, 1.82) is 0 Å². The molecule has 1 N–H and O–H groups in total. The first-order chi connectivity index (χ1) is 8.96. The van der Waals surface area contributed by atoms with Crippen molar-refractivity contribution in [3.63, 3.8) is 0 Å². The monoisotopic (exact) mass is 264 g/mol. The lowest BCUT2D eigenvalue weighted by molar-refractivity contribution is -0.811. The van der Waals surface area contributed by atoms with Crippen molar-refractivity contribution < 1.29 is 18.9 Å². The molecule has 1 heterocycles. The molecule has 0 atom stereocenters. The third kappa shape index (κ3) is 2.68. The topological polar surface area (TPSA) is 59.9 Å². The fourth-order valence-electron chi connectivity index (χ4n) is 1.90. The molecule has 0 aromatic heterocycles. The first kappa shape index (κ1) is 13.4. The Balaban J connectivity index is 2.19. The lowest BCUT2D eigenvalue weighted by atomic mass is 10.1. The maximum absolute atomic E-state index is 11.6. The van der Waals surface area contributed by atoms with Gasteiger partial charge >= 0.3 is 6.03 Å². The van der Waals surface area contributed by atoms with E-state index in [0.29, 0.717) is 23.8 Å². The number of rotatable bonds is 4. The van der Waals surface area contributed by atoms with Crippen molar-refractivity contribution in [2.45, 2.75) is 6.42 Å². The Labute approximate surface area is 112 Å². The fourth-order valence-corrected chi connectivity index (χ4v) is 1.90. The molecule has 0 bridgehead atoms. The minimum atomic E-state index is -0.129. The van der Waals surface area contributed by atoms with E-state index < -0.39 is 0 Å². The molecule has 0 saturated carbocycles. The van der Waals surface area contributed by atoms with Gasteiger partial charge in [0.15, 0.2) is 17.3 Å². The first-order valence-electron chi connectivity index (χ1n) is 5.92. The van der Waals surface area contributed by atoms with E-state index in [9.17, 15) is 4.79 Å². The summed E-state index contributed by atoms with van der Waals surface area (Å²) in [6.07, 6.45) is 0.549. The Kier molecular flexibility index (Phi) is 3.44. The molecule has 1 aromatic carbocycles. The first-order valence-corrected chi connectivity index (χ1v) is 5.92. The Morgan fingerprint density at radius 3 is 2.42 bits per heavy atom. The minimum Gasteiger partial charge on any atom is -0.493 e. The van der Waals surface area contributed by atoms with Gasteiger partial charge in [0.25, 0.3) is 0 Å². The fraction of sp³-hybridized carbons (Fsp3) is 0.385. The molecule has 0 unspecified atom stereocenters. The smallest absolute Gasteiger partial charge is 0.448 e. The van der Waals surface area contributed by atoms with Crippen LogP contribution in [0.2, 0.25) is 0 Å². The summed E-state index contributed by atoms with van der Waals surface area (Å²) in [7, 11) is 6.66. The molecule has 102 valence electrons. The molecule has 6 heteroatoms. The van der Waals surface area contributed by atoms with Gasteiger partial charge in [-0.05, 0) is 17.7 Å². The largest absolute Gasteiger partial charge is 0.493 e. The SMILES string of the molecule is COc1ccc(CC2=N[N+](C)(C)C(=O)N2)cc1OC. The zero-order valence-corrected chi connectivity index (χ0v) is 11.6. The molecular weight excluding hydrogens is 246 g/mol. The average molecular weight is 264 g/mol. The van der Waals surface area contributed by atoms with Crippen LogP contribution in [0.25, 0.3) is 0 Å². The summed E-state index contributed by atoms with van der Waals surface area (Å²) in [5, 5.41) is 7.09. The number of ether oxygens (including phenoxy) is 2. The summed E-state index contributed by atoms with van der Waals surface area (Å²) < 4.78 is 10.4. The zero-order chi connectivity index (χ0) is 14.0. The highest BCUT2D eigenvalue weighted by atomic mass is 16.5. The lowest BCUT2D eigenvalue weighted by Crippen LogP contribution is -2.41. The van der Waals surface area contributed by atoms with Crippen molar-refractivity contribution in [3.8, 4) is 11.5 Å². The van der Waals surface area contributed by atoms with Crippen LogP contribution in [-0.2, 0) is 6.42 Å². The zero-order valence-electron chi connectivity index (χ0n) is 11.6. The molecule has 0 aliphatic carbocycles. The molecule has 6 nitrogen and oxygen atoms in total. The second-order valence-corrected chi connectivity index (χ2v) is 4.74. The molecule has 1 aromatic rings. The van der Waals surface area contributed by atoms with Crippen LogP contribution in [0.3, 0.4) is 0 Å².